The van der Waals surface area contributed by atoms with Crippen molar-refractivity contribution in [1.82, 2.24) is 4.98 Å². The Labute approximate surface area is 116 Å². The second-order valence-corrected chi connectivity index (χ2v) is 4.64. The minimum atomic E-state index is -0.580. The van der Waals surface area contributed by atoms with Crippen molar-refractivity contribution in [3.63, 3.8) is 0 Å². The maximum absolute atomic E-state index is 13.5. The fourth-order valence-corrected chi connectivity index (χ4v) is 1.92. The average molecular weight is 330 g/mol. The van der Waals surface area contributed by atoms with E-state index in [-0.39, 0.29) is 10.7 Å². The number of carbonyl (C=O) groups excluding carboxylic acids is 1. The van der Waals surface area contributed by atoms with Crippen LogP contribution in [0.25, 0.3) is 0 Å². The Balaban J connectivity index is 2.27. The van der Waals surface area contributed by atoms with E-state index in [1.165, 1.54) is 36.5 Å². The summed E-state index contributed by atoms with van der Waals surface area (Å²) < 4.78 is 14.0. The molecule has 0 atom stereocenters. The van der Waals surface area contributed by atoms with Crippen molar-refractivity contribution in [2.24, 2.45) is 0 Å². The highest BCUT2D eigenvalue weighted by Crippen LogP contribution is 2.25. The zero-order valence-electron chi connectivity index (χ0n) is 8.95. The lowest BCUT2D eigenvalue weighted by molar-refractivity contribution is 0.102. The molecule has 92 valence electrons. The van der Waals surface area contributed by atoms with Crippen LogP contribution in [0.15, 0.2) is 41.1 Å². The van der Waals surface area contributed by atoms with Gasteiger partial charge in [-0.15, -0.1) is 0 Å². The van der Waals surface area contributed by atoms with Crippen LogP contribution in [0.3, 0.4) is 0 Å². The zero-order valence-corrected chi connectivity index (χ0v) is 11.3. The Kier molecular flexibility index (Phi) is 3.93. The molecule has 1 N–H and O–H groups in total. The molecule has 0 unspecified atom stereocenters. The minimum Gasteiger partial charge on any atom is -0.318 e. The Morgan fingerprint density at radius 2 is 2.17 bits per heavy atom. The van der Waals surface area contributed by atoms with E-state index in [0.717, 1.165) is 0 Å². The summed E-state index contributed by atoms with van der Waals surface area (Å²) in [6.45, 7) is 0. The van der Waals surface area contributed by atoms with E-state index >= 15 is 0 Å². The van der Waals surface area contributed by atoms with Crippen LogP contribution in [-0.2, 0) is 0 Å². The number of hydrogen-bond acceptors (Lipinski definition) is 2. The normalized spacial score (nSPS) is 10.2. The minimum absolute atomic E-state index is 0.0305. The molecule has 2 rings (SSSR count). The molecular weight excluding hydrogens is 322 g/mol. The maximum Gasteiger partial charge on any atom is 0.255 e. The lowest BCUT2D eigenvalue weighted by Gasteiger charge is -2.08. The topological polar surface area (TPSA) is 42.0 Å². The molecule has 1 aromatic carbocycles. The van der Waals surface area contributed by atoms with Crippen LogP contribution < -0.4 is 5.32 Å². The molecule has 6 heteroatoms. The number of amides is 1. The lowest BCUT2D eigenvalue weighted by atomic mass is 10.2. The molecule has 0 bridgehead atoms. The highest BCUT2D eigenvalue weighted by molar-refractivity contribution is 9.10. The van der Waals surface area contributed by atoms with Crippen molar-refractivity contribution in [3.05, 3.63) is 57.5 Å². The fourth-order valence-electron chi connectivity index (χ4n) is 1.35. The smallest absolute Gasteiger partial charge is 0.255 e. The molecule has 0 saturated carbocycles. The highest BCUT2D eigenvalue weighted by Gasteiger charge is 2.12. The molecular formula is C12H7BrClFN2O. The van der Waals surface area contributed by atoms with Crippen LogP contribution in [0.4, 0.5) is 10.1 Å². The van der Waals surface area contributed by atoms with Gasteiger partial charge in [0.05, 0.1) is 10.7 Å². The molecule has 0 spiro atoms. The van der Waals surface area contributed by atoms with Crippen molar-refractivity contribution in [3.8, 4) is 0 Å². The van der Waals surface area contributed by atoms with Crippen molar-refractivity contribution in [1.29, 1.82) is 0 Å². The van der Waals surface area contributed by atoms with Gasteiger partial charge in [-0.25, -0.2) is 9.37 Å². The SMILES string of the molecule is O=C(Nc1c(F)cccc1Cl)c1ccnc(Br)c1. The molecule has 0 saturated heterocycles. The highest BCUT2D eigenvalue weighted by atomic mass is 79.9. The summed E-state index contributed by atoms with van der Waals surface area (Å²) >= 11 is 8.97. The van der Waals surface area contributed by atoms with Gasteiger partial charge in [-0.3, -0.25) is 4.79 Å². The summed E-state index contributed by atoms with van der Waals surface area (Å²) in [6, 6.07) is 7.25. The maximum atomic E-state index is 13.5. The third-order valence-electron chi connectivity index (χ3n) is 2.19. The molecule has 3 nitrogen and oxygen atoms in total. The molecule has 18 heavy (non-hydrogen) atoms. The van der Waals surface area contributed by atoms with E-state index in [4.69, 9.17) is 11.6 Å². The average Bonchev–Trinajstić information content (AvgIpc) is 2.34. The van der Waals surface area contributed by atoms with E-state index in [1.54, 1.807) is 0 Å². The Morgan fingerprint density at radius 1 is 1.39 bits per heavy atom. The summed E-state index contributed by atoms with van der Waals surface area (Å²) in [7, 11) is 0. The van der Waals surface area contributed by atoms with E-state index in [1.807, 2.05) is 0 Å². The van der Waals surface area contributed by atoms with Gasteiger partial charge in [-0.1, -0.05) is 17.7 Å². The lowest BCUT2D eigenvalue weighted by Crippen LogP contribution is -2.13. The van der Waals surface area contributed by atoms with Gasteiger partial charge in [0.2, 0.25) is 0 Å². The van der Waals surface area contributed by atoms with E-state index < -0.39 is 11.7 Å². The number of aromatic nitrogens is 1. The Bertz CT molecular complexity index is 586. The van der Waals surface area contributed by atoms with E-state index in [2.05, 4.69) is 26.2 Å². The molecule has 0 aliphatic carbocycles. The van der Waals surface area contributed by atoms with Gasteiger partial charge < -0.3 is 5.32 Å². The fraction of sp³-hybridized carbons (Fsp3) is 0. The second kappa shape index (κ2) is 5.46. The largest absolute Gasteiger partial charge is 0.318 e. The van der Waals surface area contributed by atoms with Gasteiger partial charge in [0, 0.05) is 11.8 Å². The molecule has 0 aliphatic heterocycles. The van der Waals surface area contributed by atoms with Crippen LogP contribution in [0.2, 0.25) is 5.02 Å². The van der Waals surface area contributed by atoms with Crippen LogP contribution in [0.1, 0.15) is 10.4 Å². The van der Waals surface area contributed by atoms with Crippen molar-refractivity contribution >= 4 is 39.1 Å². The van der Waals surface area contributed by atoms with Crippen molar-refractivity contribution in [2.75, 3.05) is 5.32 Å². The molecule has 1 heterocycles. The van der Waals surface area contributed by atoms with Gasteiger partial charge in [0.15, 0.2) is 0 Å². The quantitative estimate of drug-likeness (QED) is 0.849. The molecule has 2 aromatic rings. The van der Waals surface area contributed by atoms with Gasteiger partial charge in [0.25, 0.3) is 5.91 Å². The summed E-state index contributed by atoms with van der Waals surface area (Å²) in [5.74, 6) is -1.03. The standard InChI is InChI=1S/C12H7BrClFN2O/c13-10-6-7(4-5-16-10)12(18)17-11-8(14)2-1-3-9(11)15/h1-6H,(H,17,18). The third kappa shape index (κ3) is 2.86. The number of hydrogen-bond donors (Lipinski definition) is 1. The predicted octanol–water partition coefficient (Wildman–Crippen LogP) is 3.89. The molecule has 0 radical (unpaired) electrons. The number of rotatable bonds is 2. The molecule has 0 aliphatic rings. The van der Waals surface area contributed by atoms with Gasteiger partial charge >= 0.3 is 0 Å². The third-order valence-corrected chi connectivity index (χ3v) is 2.94. The Morgan fingerprint density at radius 3 is 2.83 bits per heavy atom. The number of halogens is 3. The monoisotopic (exact) mass is 328 g/mol. The first-order valence-electron chi connectivity index (χ1n) is 4.95. The zero-order chi connectivity index (χ0) is 13.1. The first-order valence-corrected chi connectivity index (χ1v) is 6.12. The van der Waals surface area contributed by atoms with Crippen LogP contribution in [0.5, 0.6) is 0 Å². The predicted molar refractivity (Wildman–Crippen MR) is 71.3 cm³/mol. The Hall–Kier alpha value is -1.46. The van der Waals surface area contributed by atoms with Crippen LogP contribution in [0, 0.1) is 5.82 Å². The number of anilines is 1. The van der Waals surface area contributed by atoms with E-state index in [0.29, 0.717) is 10.2 Å². The summed E-state index contributed by atoms with van der Waals surface area (Å²) in [4.78, 5) is 15.8. The van der Waals surface area contributed by atoms with Crippen LogP contribution >= 0.6 is 27.5 Å². The first kappa shape index (κ1) is 13.0. The van der Waals surface area contributed by atoms with E-state index in [9.17, 15) is 9.18 Å². The summed E-state index contributed by atoms with van der Waals surface area (Å²) in [6.07, 6.45) is 1.47. The van der Waals surface area contributed by atoms with Crippen molar-refractivity contribution in [2.45, 2.75) is 0 Å². The first-order chi connectivity index (χ1) is 8.58. The number of benzene rings is 1. The summed E-state index contributed by atoms with van der Waals surface area (Å²) in [5, 5.41) is 2.58. The molecule has 0 fully saturated rings. The second-order valence-electron chi connectivity index (χ2n) is 3.42. The number of carbonyl (C=O) groups is 1. The molecule has 1 amide bonds. The van der Waals surface area contributed by atoms with Crippen LogP contribution in [-0.4, -0.2) is 10.9 Å². The number of nitrogens with zero attached hydrogens (tertiary/aromatic N) is 1. The number of pyridine rings is 1. The van der Waals surface area contributed by atoms with Gasteiger partial charge in [-0.2, -0.15) is 0 Å². The molecule has 1 aromatic heterocycles. The van der Waals surface area contributed by atoms with Crippen molar-refractivity contribution < 1.29 is 9.18 Å². The van der Waals surface area contributed by atoms with Gasteiger partial charge in [0.1, 0.15) is 10.4 Å². The van der Waals surface area contributed by atoms with Gasteiger partial charge in [-0.05, 0) is 40.2 Å². The number of nitrogens with one attached hydrogen (secondary N) is 1. The summed E-state index contributed by atoms with van der Waals surface area (Å²) in [5.41, 5.74) is 0.327. The number of para-hydroxylation sites is 1.